The van der Waals surface area contributed by atoms with Crippen LogP contribution < -0.4 is 0 Å². The van der Waals surface area contributed by atoms with E-state index >= 15 is 0 Å². The van der Waals surface area contributed by atoms with Gasteiger partial charge in [-0.3, -0.25) is 0 Å². The van der Waals surface area contributed by atoms with E-state index in [0.717, 1.165) is 12.8 Å². The zero-order chi connectivity index (χ0) is 9.69. The zero-order valence-corrected chi connectivity index (χ0v) is 8.63. The van der Waals surface area contributed by atoms with Gasteiger partial charge in [-0.1, -0.05) is 19.9 Å². The summed E-state index contributed by atoms with van der Waals surface area (Å²) >= 11 is 0. The maximum atomic E-state index is 9.75. The second kappa shape index (κ2) is 2.58. The van der Waals surface area contributed by atoms with Gasteiger partial charge < -0.3 is 9.84 Å². The van der Waals surface area contributed by atoms with E-state index < -0.39 is 0 Å². The standard InChI is InChI=1S/C11H18O2/c1-10(2)6-8(12)7-11(3)9(10)4-5-13-11/h4,8,12H,5-7H2,1-3H3. The minimum atomic E-state index is -0.213. The van der Waals surface area contributed by atoms with Gasteiger partial charge in [0, 0.05) is 6.42 Å². The zero-order valence-electron chi connectivity index (χ0n) is 8.63. The molecule has 2 unspecified atom stereocenters. The van der Waals surface area contributed by atoms with Crippen LogP contribution in [-0.2, 0) is 4.74 Å². The summed E-state index contributed by atoms with van der Waals surface area (Å²) in [5.41, 5.74) is 1.29. The summed E-state index contributed by atoms with van der Waals surface area (Å²) in [6, 6.07) is 0. The van der Waals surface area contributed by atoms with E-state index in [2.05, 4.69) is 26.8 Å². The Morgan fingerprint density at radius 2 is 2.08 bits per heavy atom. The number of rotatable bonds is 0. The van der Waals surface area contributed by atoms with E-state index in [9.17, 15) is 5.11 Å². The lowest BCUT2D eigenvalue weighted by atomic mass is 9.65. The molecule has 2 nitrogen and oxygen atoms in total. The molecule has 1 N–H and O–H groups in total. The monoisotopic (exact) mass is 182 g/mol. The third-order valence-electron chi connectivity index (χ3n) is 3.36. The van der Waals surface area contributed by atoms with Crippen LogP contribution in [0.2, 0.25) is 0 Å². The molecule has 0 spiro atoms. The minimum Gasteiger partial charge on any atom is -0.393 e. The highest BCUT2D eigenvalue weighted by atomic mass is 16.5. The highest BCUT2D eigenvalue weighted by Crippen LogP contribution is 2.49. The fraction of sp³-hybridized carbons (Fsp3) is 0.818. The maximum Gasteiger partial charge on any atom is 0.0898 e. The largest absolute Gasteiger partial charge is 0.393 e. The molecule has 13 heavy (non-hydrogen) atoms. The molecule has 0 aromatic heterocycles. The molecule has 1 fully saturated rings. The number of ether oxygens (including phenoxy) is 1. The molecule has 2 rings (SSSR count). The quantitative estimate of drug-likeness (QED) is 0.580. The van der Waals surface area contributed by atoms with Crippen LogP contribution in [0.5, 0.6) is 0 Å². The van der Waals surface area contributed by atoms with Crippen LogP contribution in [0.1, 0.15) is 33.6 Å². The van der Waals surface area contributed by atoms with Crippen LogP contribution in [0.25, 0.3) is 0 Å². The van der Waals surface area contributed by atoms with Crippen LogP contribution in [-0.4, -0.2) is 23.4 Å². The molecule has 0 amide bonds. The first-order valence-corrected chi connectivity index (χ1v) is 4.97. The van der Waals surface area contributed by atoms with Crippen molar-refractivity contribution in [3.05, 3.63) is 11.6 Å². The van der Waals surface area contributed by atoms with Gasteiger partial charge in [-0.2, -0.15) is 0 Å². The van der Waals surface area contributed by atoms with Crippen molar-refractivity contribution in [1.29, 1.82) is 0 Å². The lowest BCUT2D eigenvalue weighted by Crippen LogP contribution is -2.44. The maximum absolute atomic E-state index is 9.75. The molecule has 0 aromatic rings. The van der Waals surface area contributed by atoms with Gasteiger partial charge in [0.2, 0.25) is 0 Å². The molecular formula is C11H18O2. The van der Waals surface area contributed by atoms with Gasteiger partial charge in [-0.25, -0.2) is 0 Å². The summed E-state index contributed by atoms with van der Waals surface area (Å²) in [5.74, 6) is 0. The summed E-state index contributed by atoms with van der Waals surface area (Å²) in [4.78, 5) is 0. The van der Waals surface area contributed by atoms with Gasteiger partial charge in [0.15, 0.2) is 0 Å². The van der Waals surface area contributed by atoms with Crippen LogP contribution in [0.4, 0.5) is 0 Å². The van der Waals surface area contributed by atoms with Gasteiger partial charge in [0.25, 0.3) is 0 Å². The second-order valence-corrected chi connectivity index (χ2v) is 5.11. The predicted molar refractivity (Wildman–Crippen MR) is 51.5 cm³/mol. The highest BCUT2D eigenvalue weighted by molar-refractivity contribution is 5.30. The smallest absolute Gasteiger partial charge is 0.0898 e. The third kappa shape index (κ3) is 1.32. The van der Waals surface area contributed by atoms with Crippen molar-refractivity contribution >= 4 is 0 Å². The molecular weight excluding hydrogens is 164 g/mol. The SMILES string of the molecule is CC1(C)CC(O)CC2(C)OCC=C12. The van der Waals surface area contributed by atoms with E-state index in [4.69, 9.17) is 4.74 Å². The Morgan fingerprint density at radius 3 is 2.77 bits per heavy atom. The molecule has 0 saturated heterocycles. The number of fused-ring (bicyclic) bond motifs is 1. The third-order valence-corrected chi connectivity index (χ3v) is 3.36. The molecule has 74 valence electrons. The second-order valence-electron chi connectivity index (χ2n) is 5.11. The van der Waals surface area contributed by atoms with Gasteiger partial charge in [-0.15, -0.1) is 0 Å². The van der Waals surface area contributed by atoms with E-state index in [1.54, 1.807) is 0 Å². The summed E-state index contributed by atoms with van der Waals surface area (Å²) < 4.78 is 5.70. The molecule has 2 heteroatoms. The first-order chi connectivity index (χ1) is 5.94. The molecule has 1 heterocycles. The van der Waals surface area contributed by atoms with Crippen molar-refractivity contribution in [2.45, 2.75) is 45.3 Å². The molecule has 0 radical (unpaired) electrons. The van der Waals surface area contributed by atoms with Crippen molar-refractivity contribution < 1.29 is 9.84 Å². The van der Waals surface area contributed by atoms with E-state index in [0.29, 0.717) is 6.61 Å². The molecule has 0 bridgehead atoms. The Hall–Kier alpha value is -0.340. The van der Waals surface area contributed by atoms with Crippen molar-refractivity contribution in [2.75, 3.05) is 6.61 Å². The number of aliphatic hydroxyl groups is 1. The summed E-state index contributed by atoms with van der Waals surface area (Å²) in [6.07, 6.45) is 3.58. The average Bonchev–Trinajstić information content (AvgIpc) is 2.27. The van der Waals surface area contributed by atoms with Crippen molar-refractivity contribution in [3.8, 4) is 0 Å². The lowest BCUT2D eigenvalue weighted by molar-refractivity contribution is -0.0495. The van der Waals surface area contributed by atoms with Crippen molar-refractivity contribution in [2.24, 2.45) is 5.41 Å². The Balaban J connectivity index is 2.35. The number of hydrogen-bond donors (Lipinski definition) is 1. The van der Waals surface area contributed by atoms with E-state index in [-0.39, 0.29) is 17.1 Å². The van der Waals surface area contributed by atoms with Crippen LogP contribution in [0.15, 0.2) is 11.6 Å². The lowest BCUT2D eigenvalue weighted by Gasteiger charge is -2.44. The molecule has 1 saturated carbocycles. The first kappa shape index (κ1) is 9.22. The predicted octanol–water partition coefficient (Wildman–Crippen LogP) is 1.88. The van der Waals surface area contributed by atoms with E-state index in [1.165, 1.54) is 5.57 Å². The number of aliphatic hydroxyl groups excluding tert-OH is 1. The van der Waals surface area contributed by atoms with Crippen molar-refractivity contribution in [1.82, 2.24) is 0 Å². The summed E-state index contributed by atoms with van der Waals surface area (Å²) in [7, 11) is 0. The van der Waals surface area contributed by atoms with Gasteiger partial charge >= 0.3 is 0 Å². The molecule has 2 aliphatic rings. The van der Waals surface area contributed by atoms with Gasteiger partial charge in [0.05, 0.1) is 18.3 Å². The number of hydrogen-bond acceptors (Lipinski definition) is 2. The van der Waals surface area contributed by atoms with E-state index in [1.807, 2.05) is 0 Å². The summed E-state index contributed by atoms with van der Waals surface area (Å²) in [6.45, 7) is 7.18. The van der Waals surface area contributed by atoms with Crippen LogP contribution in [0, 0.1) is 5.41 Å². The van der Waals surface area contributed by atoms with Gasteiger partial charge in [0.1, 0.15) is 0 Å². The Bertz CT molecular complexity index is 255. The molecule has 2 atom stereocenters. The Kier molecular flexibility index (Phi) is 1.83. The normalized spacial score (nSPS) is 42.8. The highest BCUT2D eigenvalue weighted by Gasteiger charge is 2.47. The molecule has 1 aliphatic heterocycles. The average molecular weight is 182 g/mol. The van der Waals surface area contributed by atoms with Crippen molar-refractivity contribution in [3.63, 3.8) is 0 Å². The first-order valence-electron chi connectivity index (χ1n) is 4.97. The summed E-state index contributed by atoms with van der Waals surface area (Å²) in [5, 5.41) is 9.75. The van der Waals surface area contributed by atoms with Crippen LogP contribution in [0.3, 0.4) is 0 Å². The van der Waals surface area contributed by atoms with Crippen LogP contribution >= 0.6 is 0 Å². The molecule has 1 aliphatic carbocycles. The topological polar surface area (TPSA) is 29.5 Å². The molecule has 0 aromatic carbocycles. The fourth-order valence-electron chi connectivity index (χ4n) is 2.98. The fourth-order valence-corrected chi connectivity index (χ4v) is 2.98. The Morgan fingerprint density at radius 1 is 1.38 bits per heavy atom. The minimum absolute atomic E-state index is 0.100. The Labute approximate surface area is 79.6 Å². The van der Waals surface area contributed by atoms with Gasteiger partial charge in [-0.05, 0) is 24.3 Å².